The van der Waals surface area contributed by atoms with Gasteiger partial charge in [0.25, 0.3) is 0 Å². The van der Waals surface area contributed by atoms with Crippen molar-refractivity contribution in [1.82, 2.24) is 30.0 Å². The van der Waals surface area contributed by atoms with E-state index in [4.69, 9.17) is 25.8 Å². The Morgan fingerprint density at radius 2 is 1.74 bits per heavy atom. The van der Waals surface area contributed by atoms with Crippen LogP contribution in [0.25, 0.3) is 5.69 Å². The van der Waals surface area contributed by atoms with E-state index in [2.05, 4.69) is 25.5 Å². The molecule has 1 saturated heterocycles. The number of ether oxygens (including phenoxy) is 3. The molecule has 1 fully saturated rings. The fraction of sp³-hybridized carbons (Fsp3) is 0.480. The summed E-state index contributed by atoms with van der Waals surface area (Å²) in [6.45, 7) is 5.15. The van der Waals surface area contributed by atoms with E-state index in [1.165, 1.54) is 26.6 Å². The lowest BCUT2D eigenvalue weighted by Crippen LogP contribution is -2.32. The average Bonchev–Trinajstić information content (AvgIpc) is 3.52. The van der Waals surface area contributed by atoms with Crippen molar-refractivity contribution >= 4 is 27.3 Å². The molecule has 14 heteroatoms. The van der Waals surface area contributed by atoms with E-state index in [0.717, 1.165) is 0 Å². The van der Waals surface area contributed by atoms with Crippen LogP contribution in [0.3, 0.4) is 0 Å². The molecule has 210 valence electrons. The number of sulfone groups is 1. The van der Waals surface area contributed by atoms with E-state index in [-0.39, 0.29) is 23.7 Å². The summed E-state index contributed by atoms with van der Waals surface area (Å²) in [7, 11) is -0.941. The molecule has 0 spiro atoms. The number of methoxy groups -OCH3 is 2. The minimum absolute atomic E-state index is 0.124. The quantitative estimate of drug-likeness (QED) is 0.360. The van der Waals surface area contributed by atoms with Gasteiger partial charge >= 0.3 is 0 Å². The lowest BCUT2D eigenvalue weighted by atomic mass is 10.2. The number of carbonyl (C=O) groups is 1. The molecule has 2 aromatic heterocycles. The third kappa shape index (κ3) is 6.15. The second-order valence-electron chi connectivity index (χ2n) is 9.36. The predicted octanol–water partition coefficient (Wildman–Crippen LogP) is 3.15. The molecule has 1 aromatic carbocycles. The molecular weight excluding hydrogens is 548 g/mol. The predicted molar refractivity (Wildman–Crippen MR) is 143 cm³/mol. The zero-order valence-corrected chi connectivity index (χ0v) is 23.9. The molecule has 0 bridgehead atoms. The van der Waals surface area contributed by atoms with Crippen LogP contribution in [0.1, 0.15) is 63.2 Å². The van der Waals surface area contributed by atoms with Gasteiger partial charge in [-0.2, -0.15) is 0 Å². The molecule has 12 nitrogen and oxygen atoms in total. The number of aromatic nitrogens is 5. The highest BCUT2D eigenvalue weighted by atomic mass is 35.5. The van der Waals surface area contributed by atoms with Gasteiger partial charge in [0.05, 0.1) is 36.6 Å². The Bertz CT molecular complexity index is 1410. The number of hydrogen-bond donors (Lipinski definition) is 1. The van der Waals surface area contributed by atoms with E-state index in [9.17, 15) is 13.2 Å². The molecule has 4 rings (SSSR count). The minimum Gasteiger partial charge on any atom is -0.494 e. The molecule has 1 amide bonds. The standard InChI is InChI=1S/C25H31ClN6O6S/c1-14(2)38-23(24-27-11-16(26)12-28-24)15(3)39(34,35)13-20-30-31-25(17-9-10-21(33)29-17)32(20)22-18(36-4)7-6-8-19(22)37-5/h6-8,11-12,14-15,17,23H,9-10,13H2,1-5H3,(H,29,33)/t15-,17?,23+/m0/s1. The first-order valence-electron chi connectivity index (χ1n) is 12.3. The van der Waals surface area contributed by atoms with Gasteiger partial charge in [0.15, 0.2) is 27.3 Å². The van der Waals surface area contributed by atoms with Crippen molar-refractivity contribution in [3.8, 4) is 17.2 Å². The van der Waals surface area contributed by atoms with Gasteiger partial charge in [0.1, 0.15) is 29.0 Å². The van der Waals surface area contributed by atoms with E-state index in [0.29, 0.717) is 40.9 Å². The summed E-state index contributed by atoms with van der Waals surface area (Å²) in [4.78, 5) is 20.4. The van der Waals surface area contributed by atoms with Crippen LogP contribution in [0.5, 0.6) is 11.5 Å². The van der Waals surface area contributed by atoms with Crippen LogP contribution in [0.15, 0.2) is 30.6 Å². The van der Waals surface area contributed by atoms with E-state index in [1.807, 2.05) is 0 Å². The lowest BCUT2D eigenvalue weighted by Gasteiger charge is -2.25. The van der Waals surface area contributed by atoms with Gasteiger partial charge in [-0.3, -0.25) is 9.36 Å². The number of benzene rings is 1. The molecule has 39 heavy (non-hydrogen) atoms. The van der Waals surface area contributed by atoms with Crippen molar-refractivity contribution in [3.63, 3.8) is 0 Å². The highest BCUT2D eigenvalue weighted by Gasteiger charge is 2.37. The molecular formula is C25H31ClN6O6S. The number of para-hydroxylation sites is 1. The van der Waals surface area contributed by atoms with Crippen LogP contribution >= 0.6 is 11.6 Å². The molecule has 0 radical (unpaired) electrons. The number of carbonyl (C=O) groups excluding carboxylic acids is 1. The maximum Gasteiger partial charge on any atom is 0.220 e. The highest BCUT2D eigenvalue weighted by Crippen LogP contribution is 2.37. The number of nitrogens with zero attached hydrogens (tertiary/aromatic N) is 5. The summed E-state index contributed by atoms with van der Waals surface area (Å²) in [5.74, 6) is 0.921. The van der Waals surface area contributed by atoms with Gasteiger partial charge in [0.2, 0.25) is 5.91 Å². The lowest BCUT2D eigenvalue weighted by molar-refractivity contribution is -0.119. The second-order valence-corrected chi connectivity index (χ2v) is 12.2. The fourth-order valence-corrected chi connectivity index (χ4v) is 5.87. The average molecular weight is 579 g/mol. The Morgan fingerprint density at radius 3 is 2.28 bits per heavy atom. The van der Waals surface area contributed by atoms with Gasteiger partial charge in [-0.05, 0) is 39.3 Å². The van der Waals surface area contributed by atoms with Gasteiger partial charge in [0, 0.05) is 18.8 Å². The molecule has 1 N–H and O–H groups in total. The Morgan fingerprint density at radius 1 is 1.10 bits per heavy atom. The Kier molecular flexibility index (Phi) is 8.72. The van der Waals surface area contributed by atoms with Crippen molar-refractivity contribution < 1.29 is 27.4 Å². The van der Waals surface area contributed by atoms with Crippen LogP contribution in [0, 0.1) is 0 Å². The fourth-order valence-electron chi connectivity index (χ4n) is 4.40. The maximum absolute atomic E-state index is 13.9. The molecule has 3 atom stereocenters. The normalized spacial score (nSPS) is 17.2. The summed E-state index contributed by atoms with van der Waals surface area (Å²) in [5, 5.41) is 10.7. The number of hydrogen-bond acceptors (Lipinski definition) is 10. The maximum atomic E-state index is 13.9. The summed E-state index contributed by atoms with van der Waals surface area (Å²) in [6, 6.07) is 4.73. The Labute approximate surface area is 232 Å². The second kappa shape index (κ2) is 11.8. The summed E-state index contributed by atoms with van der Waals surface area (Å²) in [6.07, 6.45) is 2.33. The number of amides is 1. The monoisotopic (exact) mass is 578 g/mol. The van der Waals surface area contributed by atoms with Crippen molar-refractivity contribution in [3.05, 3.63) is 53.1 Å². The number of halogens is 1. The topological polar surface area (TPSA) is 147 Å². The Hall–Kier alpha value is -3.29. The summed E-state index contributed by atoms with van der Waals surface area (Å²) < 4.78 is 46.5. The van der Waals surface area contributed by atoms with Crippen molar-refractivity contribution in [2.75, 3.05) is 14.2 Å². The van der Waals surface area contributed by atoms with Crippen LogP contribution in [0.4, 0.5) is 0 Å². The van der Waals surface area contributed by atoms with E-state index in [1.54, 1.807) is 43.5 Å². The minimum atomic E-state index is -3.94. The number of nitrogens with one attached hydrogen (secondary N) is 1. The molecule has 3 heterocycles. The van der Waals surface area contributed by atoms with Crippen LogP contribution in [-0.2, 0) is 25.1 Å². The van der Waals surface area contributed by atoms with Gasteiger partial charge in [-0.25, -0.2) is 18.4 Å². The third-order valence-electron chi connectivity index (χ3n) is 6.32. The van der Waals surface area contributed by atoms with Gasteiger partial charge in [-0.1, -0.05) is 17.7 Å². The largest absolute Gasteiger partial charge is 0.494 e. The Balaban J connectivity index is 1.79. The molecule has 3 aromatic rings. The van der Waals surface area contributed by atoms with Crippen LogP contribution < -0.4 is 14.8 Å². The third-order valence-corrected chi connectivity index (χ3v) is 8.56. The van der Waals surface area contributed by atoms with Crippen molar-refractivity contribution in [1.29, 1.82) is 0 Å². The van der Waals surface area contributed by atoms with Crippen LogP contribution in [-0.4, -0.2) is 64.6 Å². The summed E-state index contributed by atoms with van der Waals surface area (Å²) >= 11 is 5.94. The molecule has 0 saturated carbocycles. The van der Waals surface area contributed by atoms with Gasteiger partial charge < -0.3 is 19.5 Å². The van der Waals surface area contributed by atoms with Gasteiger partial charge in [-0.15, -0.1) is 10.2 Å². The zero-order valence-electron chi connectivity index (χ0n) is 22.3. The first-order valence-corrected chi connectivity index (χ1v) is 14.4. The smallest absolute Gasteiger partial charge is 0.220 e. The first-order chi connectivity index (χ1) is 18.6. The highest BCUT2D eigenvalue weighted by molar-refractivity contribution is 7.91. The van der Waals surface area contributed by atoms with Crippen molar-refractivity contribution in [2.45, 2.75) is 62.9 Å². The van der Waals surface area contributed by atoms with Crippen LogP contribution in [0.2, 0.25) is 5.02 Å². The first kappa shape index (κ1) is 28.7. The van der Waals surface area contributed by atoms with E-state index < -0.39 is 33.0 Å². The molecule has 1 aliphatic heterocycles. The molecule has 0 aliphatic carbocycles. The zero-order chi connectivity index (χ0) is 28.3. The summed E-state index contributed by atoms with van der Waals surface area (Å²) in [5.41, 5.74) is 0.428. The van der Waals surface area contributed by atoms with Crippen molar-refractivity contribution in [2.24, 2.45) is 0 Å². The molecule has 1 aliphatic rings. The van der Waals surface area contributed by atoms with E-state index >= 15 is 0 Å². The SMILES string of the molecule is COc1cccc(OC)c1-n1c(CS(=O)(=O)[C@@H](C)[C@@H](OC(C)C)c2ncc(Cl)cn2)nnc1C1CCC(=O)N1. The molecule has 1 unspecified atom stereocenters. The number of rotatable bonds is 11.